The highest BCUT2D eigenvalue weighted by Crippen LogP contribution is 2.20. The lowest BCUT2D eigenvalue weighted by Crippen LogP contribution is -2.49. The van der Waals surface area contributed by atoms with Crippen molar-refractivity contribution in [3.05, 3.63) is 0 Å². The number of hydrogen-bond donors (Lipinski definition) is 0. The van der Waals surface area contributed by atoms with Gasteiger partial charge in [-0.25, -0.2) is 0 Å². The molecule has 1 fully saturated rings. The smallest absolute Gasteiger partial charge is 0.223 e. The van der Waals surface area contributed by atoms with Crippen LogP contribution in [0.2, 0.25) is 0 Å². The third kappa shape index (κ3) is 5.87. The number of carbonyl (C=O) groups is 1. The van der Waals surface area contributed by atoms with Crippen LogP contribution in [0.4, 0.5) is 0 Å². The van der Waals surface area contributed by atoms with E-state index in [1.165, 1.54) is 6.42 Å². The van der Waals surface area contributed by atoms with E-state index in [0.717, 1.165) is 38.1 Å². The van der Waals surface area contributed by atoms with Crippen molar-refractivity contribution in [2.75, 3.05) is 38.1 Å². The van der Waals surface area contributed by atoms with Crippen molar-refractivity contribution in [2.45, 2.75) is 33.6 Å². The molecular weight excluding hydrogens is 280 g/mol. The second-order valence-electron chi connectivity index (χ2n) is 6.00. The highest BCUT2D eigenvalue weighted by atomic mass is 79.9. The van der Waals surface area contributed by atoms with Crippen LogP contribution >= 0.6 is 15.9 Å². The molecule has 1 saturated heterocycles. The summed E-state index contributed by atoms with van der Waals surface area (Å²) >= 11 is 3.45. The molecule has 3 nitrogen and oxygen atoms in total. The molecule has 0 N–H and O–H groups in total. The van der Waals surface area contributed by atoms with Gasteiger partial charge in [0.05, 0.1) is 0 Å². The lowest BCUT2D eigenvalue weighted by Gasteiger charge is -2.35. The van der Waals surface area contributed by atoms with Crippen LogP contribution in [-0.4, -0.2) is 53.8 Å². The topological polar surface area (TPSA) is 23.6 Å². The first-order valence-electron chi connectivity index (χ1n) is 6.48. The molecule has 0 saturated carbocycles. The number of amides is 1. The van der Waals surface area contributed by atoms with E-state index in [-0.39, 0.29) is 5.41 Å². The Hall–Kier alpha value is -0.0900. The fraction of sp³-hybridized carbons (Fsp3) is 0.923. The van der Waals surface area contributed by atoms with E-state index in [9.17, 15) is 4.79 Å². The predicted octanol–water partition coefficient (Wildman–Crippen LogP) is 2.35. The highest BCUT2D eigenvalue weighted by Gasteiger charge is 2.24. The Balaban J connectivity index is 2.29. The van der Waals surface area contributed by atoms with Gasteiger partial charge in [0.15, 0.2) is 0 Å². The maximum Gasteiger partial charge on any atom is 0.223 e. The van der Waals surface area contributed by atoms with Gasteiger partial charge in [-0.1, -0.05) is 36.7 Å². The molecule has 0 unspecified atom stereocenters. The molecule has 0 aromatic heterocycles. The van der Waals surface area contributed by atoms with Crippen LogP contribution in [0.5, 0.6) is 0 Å². The molecule has 100 valence electrons. The number of carbonyl (C=O) groups excluding carboxylic acids is 1. The average molecular weight is 305 g/mol. The number of nitrogens with zero attached hydrogens (tertiary/aromatic N) is 2. The first kappa shape index (κ1) is 15.0. The van der Waals surface area contributed by atoms with E-state index in [2.05, 4.69) is 41.6 Å². The van der Waals surface area contributed by atoms with E-state index in [1.807, 2.05) is 4.90 Å². The number of rotatable bonds is 4. The Bertz CT molecular complexity index is 242. The number of alkyl halides is 1. The molecule has 1 heterocycles. The van der Waals surface area contributed by atoms with E-state index in [0.29, 0.717) is 12.3 Å². The minimum absolute atomic E-state index is 0.101. The van der Waals surface area contributed by atoms with Crippen molar-refractivity contribution in [1.29, 1.82) is 0 Å². The summed E-state index contributed by atoms with van der Waals surface area (Å²) in [7, 11) is 0. The molecule has 17 heavy (non-hydrogen) atoms. The first-order chi connectivity index (χ1) is 7.92. The molecule has 0 spiro atoms. The van der Waals surface area contributed by atoms with E-state index >= 15 is 0 Å². The summed E-state index contributed by atoms with van der Waals surface area (Å²) in [4.78, 5) is 16.5. The zero-order valence-corrected chi connectivity index (χ0v) is 12.9. The molecule has 4 heteroatoms. The molecule has 1 aliphatic heterocycles. The molecule has 0 radical (unpaired) electrons. The lowest BCUT2D eigenvalue weighted by atomic mass is 9.91. The minimum atomic E-state index is 0.101. The van der Waals surface area contributed by atoms with E-state index in [4.69, 9.17) is 0 Å². The van der Waals surface area contributed by atoms with Crippen molar-refractivity contribution in [3.63, 3.8) is 0 Å². The zero-order chi connectivity index (χ0) is 12.9. The summed E-state index contributed by atoms with van der Waals surface area (Å²) < 4.78 is 0. The Morgan fingerprint density at radius 3 is 2.24 bits per heavy atom. The Morgan fingerprint density at radius 1 is 1.18 bits per heavy atom. The van der Waals surface area contributed by atoms with Gasteiger partial charge in [-0.15, -0.1) is 0 Å². The van der Waals surface area contributed by atoms with Crippen LogP contribution in [0.1, 0.15) is 33.6 Å². The largest absolute Gasteiger partial charge is 0.340 e. The number of hydrogen-bond acceptors (Lipinski definition) is 2. The Labute approximate surface area is 114 Å². The van der Waals surface area contributed by atoms with Crippen LogP contribution in [0.25, 0.3) is 0 Å². The molecule has 0 aromatic rings. The second-order valence-corrected chi connectivity index (χ2v) is 6.80. The van der Waals surface area contributed by atoms with Gasteiger partial charge < -0.3 is 4.90 Å². The molecule has 0 aromatic carbocycles. The van der Waals surface area contributed by atoms with Gasteiger partial charge in [-0.3, -0.25) is 9.69 Å². The summed E-state index contributed by atoms with van der Waals surface area (Å²) in [6.45, 7) is 11.4. The average Bonchev–Trinajstić information content (AvgIpc) is 2.24. The molecule has 0 bridgehead atoms. The van der Waals surface area contributed by atoms with Gasteiger partial charge in [-0.2, -0.15) is 0 Å². The van der Waals surface area contributed by atoms with Crippen LogP contribution in [0, 0.1) is 5.41 Å². The maximum absolute atomic E-state index is 12.0. The van der Waals surface area contributed by atoms with E-state index < -0.39 is 0 Å². The SMILES string of the molecule is CC(C)(C)CC(=O)N1CCN(CCCBr)CC1. The number of piperazine rings is 1. The fourth-order valence-electron chi connectivity index (χ4n) is 2.07. The molecular formula is C13H25BrN2O. The third-order valence-electron chi connectivity index (χ3n) is 3.01. The van der Waals surface area contributed by atoms with Crippen molar-refractivity contribution < 1.29 is 4.79 Å². The zero-order valence-electron chi connectivity index (χ0n) is 11.3. The quantitative estimate of drug-likeness (QED) is 0.744. The first-order valence-corrected chi connectivity index (χ1v) is 7.60. The molecule has 1 amide bonds. The lowest BCUT2D eigenvalue weighted by molar-refractivity contribution is -0.134. The fourth-order valence-corrected chi connectivity index (χ4v) is 2.32. The number of halogens is 1. The summed E-state index contributed by atoms with van der Waals surface area (Å²) in [5.74, 6) is 0.317. The molecule has 0 aliphatic carbocycles. The van der Waals surface area contributed by atoms with Crippen LogP contribution in [0.3, 0.4) is 0 Å². The molecule has 1 aliphatic rings. The van der Waals surface area contributed by atoms with Gasteiger partial charge >= 0.3 is 0 Å². The Morgan fingerprint density at radius 2 is 1.76 bits per heavy atom. The Kier molecular flexibility index (Phi) is 5.93. The minimum Gasteiger partial charge on any atom is -0.340 e. The predicted molar refractivity (Wildman–Crippen MR) is 75.5 cm³/mol. The standard InChI is InChI=1S/C13H25BrN2O/c1-13(2,3)11-12(17)16-9-7-15(8-10-16)6-4-5-14/h4-11H2,1-3H3. The van der Waals surface area contributed by atoms with Crippen LogP contribution in [0.15, 0.2) is 0 Å². The van der Waals surface area contributed by atoms with Crippen molar-refractivity contribution >= 4 is 21.8 Å². The highest BCUT2D eigenvalue weighted by molar-refractivity contribution is 9.09. The maximum atomic E-state index is 12.0. The monoisotopic (exact) mass is 304 g/mol. The van der Waals surface area contributed by atoms with Gasteiger partial charge in [0.1, 0.15) is 0 Å². The second kappa shape index (κ2) is 6.74. The normalized spacial score (nSPS) is 18.5. The molecule has 0 atom stereocenters. The summed E-state index contributed by atoms with van der Waals surface area (Å²) in [6.07, 6.45) is 1.85. The summed E-state index contributed by atoms with van der Waals surface area (Å²) in [5.41, 5.74) is 0.101. The van der Waals surface area contributed by atoms with Crippen LogP contribution < -0.4 is 0 Å². The van der Waals surface area contributed by atoms with Gasteiger partial charge in [0.25, 0.3) is 0 Å². The van der Waals surface area contributed by atoms with Crippen molar-refractivity contribution in [1.82, 2.24) is 9.80 Å². The van der Waals surface area contributed by atoms with Crippen LogP contribution in [-0.2, 0) is 4.79 Å². The van der Waals surface area contributed by atoms with Crippen molar-refractivity contribution in [3.8, 4) is 0 Å². The van der Waals surface area contributed by atoms with Gasteiger partial charge in [-0.05, 0) is 18.4 Å². The van der Waals surface area contributed by atoms with Gasteiger partial charge in [0.2, 0.25) is 5.91 Å². The van der Waals surface area contributed by atoms with E-state index in [1.54, 1.807) is 0 Å². The summed E-state index contributed by atoms with van der Waals surface area (Å²) in [5, 5.41) is 1.07. The molecule has 1 rings (SSSR count). The van der Waals surface area contributed by atoms with Crippen molar-refractivity contribution in [2.24, 2.45) is 5.41 Å². The van der Waals surface area contributed by atoms with Gasteiger partial charge in [0, 0.05) is 37.9 Å². The third-order valence-corrected chi connectivity index (χ3v) is 3.58. The summed E-state index contributed by atoms with van der Waals surface area (Å²) in [6, 6.07) is 0.